The van der Waals surface area contributed by atoms with Crippen molar-refractivity contribution in [3.05, 3.63) is 69.4 Å². The summed E-state index contributed by atoms with van der Waals surface area (Å²) in [5.41, 5.74) is 0.949. The Balaban J connectivity index is 1.92. The van der Waals surface area contributed by atoms with Crippen molar-refractivity contribution in [2.45, 2.75) is 11.3 Å². The molecule has 0 aliphatic rings. The highest BCUT2D eigenvalue weighted by atomic mass is 35.5. The molecule has 188 valence electrons. The predicted octanol–water partition coefficient (Wildman–Crippen LogP) is 3.44. The maximum atomic E-state index is 15.5. The molecule has 0 unspecified atom stereocenters. The molecule has 36 heavy (non-hydrogen) atoms. The van der Waals surface area contributed by atoms with Crippen LogP contribution in [0.1, 0.15) is 12.0 Å². The first-order valence-corrected chi connectivity index (χ1v) is 11.5. The van der Waals surface area contributed by atoms with Gasteiger partial charge in [-0.3, -0.25) is 14.1 Å². The van der Waals surface area contributed by atoms with Crippen LogP contribution < -0.4 is 20.8 Å². The van der Waals surface area contributed by atoms with Crippen LogP contribution in [0, 0.1) is 11.6 Å². The van der Waals surface area contributed by atoms with E-state index in [2.05, 4.69) is 15.0 Å². The SMILES string of the molecule is COc1ncc(Cl)cc1S(=O)(=O)Nc1ccc(F)c(-n2cc(C(F)F)c3nc(N)ncc3c2=O)c1F. The molecule has 3 heterocycles. The number of hydrogen-bond donors (Lipinski definition) is 2. The van der Waals surface area contributed by atoms with E-state index in [1.165, 1.54) is 0 Å². The molecular formula is C20H13ClF4N6O4S. The highest BCUT2D eigenvalue weighted by molar-refractivity contribution is 7.92. The Morgan fingerprint density at radius 2 is 1.92 bits per heavy atom. The molecule has 0 saturated heterocycles. The van der Waals surface area contributed by atoms with Crippen molar-refractivity contribution >= 4 is 44.2 Å². The second kappa shape index (κ2) is 9.23. The first kappa shape index (κ1) is 25.1. The minimum Gasteiger partial charge on any atom is -0.480 e. The number of anilines is 2. The number of fused-ring (bicyclic) bond motifs is 1. The second-order valence-electron chi connectivity index (χ2n) is 7.07. The Morgan fingerprint density at radius 1 is 1.19 bits per heavy atom. The molecule has 4 aromatic rings. The summed E-state index contributed by atoms with van der Waals surface area (Å²) in [5, 5.41) is -0.580. The number of nitrogen functional groups attached to an aromatic ring is 1. The summed E-state index contributed by atoms with van der Waals surface area (Å²) >= 11 is 5.80. The normalized spacial score (nSPS) is 11.8. The molecule has 0 amide bonds. The van der Waals surface area contributed by atoms with Crippen molar-refractivity contribution in [3.63, 3.8) is 0 Å². The Hall–Kier alpha value is -3.98. The zero-order valence-corrected chi connectivity index (χ0v) is 19.4. The van der Waals surface area contributed by atoms with E-state index >= 15 is 4.39 Å². The Labute approximate surface area is 204 Å². The highest BCUT2D eigenvalue weighted by Gasteiger charge is 2.27. The smallest absolute Gasteiger partial charge is 0.267 e. The molecule has 0 bridgehead atoms. The number of pyridine rings is 2. The predicted molar refractivity (Wildman–Crippen MR) is 121 cm³/mol. The van der Waals surface area contributed by atoms with Crippen LogP contribution >= 0.6 is 11.6 Å². The number of nitrogens with two attached hydrogens (primary N) is 1. The first-order chi connectivity index (χ1) is 16.9. The van der Waals surface area contributed by atoms with Gasteiger partial charge in [0.15, 0.2) is 10.7 Å². The van der Waals surface area contributed by atoms with E-state index < -0.39 is 72.3 Å². The number of sulfonamides is 1. The van der Waals surface area contributed by atoms with Crippen LogP contribution in [0.25, 0.3) is 16.6 Å². The molecule has 0 aliphatic heterocycles. The monoisotopic (exact) mass is 544 g/mol. The van der Waals surface area contributed by atoms with Gasteiger partial charge in [0.1, 0.15) is 11.5 Å². The number of nitrogens with zero attached hydrogens (tertiary/aromatic N) is 4. The van der Waals surface area contributed by atoms with Gasteiger partial charge in [-0.1, -0.05) is 11.6 Å². The Bertz CT molecular complexity index is 1680. The first-order valence-electron chi connectivity index (χ1n) is 9.61. The average molecular weight is 545 g/mol. The third-order valence-corrected chi connectivity index (χ3v) is 6.42. The summed E-state index contributed by atoms with van der Waals surface area (Å²) in [6.07, 6.45) is -0.779. The lowest BCUT2D eigenvalue weighted by molar-refractivity contribution is 0.152. The molecule has 16 heteroatoms. The van der Waals surface area contributed by atoms with Gasteiger partial charge in [0.2, 0.25) is 11.8 Å². The standard InChI is InChI=1S/C20H13ClF4N6O4S/c1-35-18-13(4-8(21)5-27-18)36(33,34)30-12-3-2-11(22)16(14(12)23)31-7-10(17(24)25)15-9(19(31)32)6-28-20(26)29-15/h2-7,17,30H,1H3,(H2,26,28,29). The molecule has 3 aromatic heterocycles. The zero-order valence-electron chi connectivity index (χ0n) is 17.8. The third-order valence-electron chi connectivity index (χ3n) is 4.85. The Kier molecular flexibility index (Phi) is 6.44. The molecule has 0 saturated carbocycles. The van der Waals surface area contributed by atoms with E-state index in [-0.39, 0.29) is 15.5 Å². The largest absolute Gasteiger partial charge is 0.480 e. The molecule has 4 rings (SSSR count). The third kappa shape index (κ3) is 4.37. The number of ether oxygens (including phenoxy) is 1. The van der Waals surface area contributed by atoms with Crippen LogP contribution in [0.3, 0.4) is 0 Å². The molecule has 1 aromatic carbocycles. The summed E-state index contributed by atoms with van der Waals surface area (Å²) in [7, 11) is -3.47. The fourth-order valence-electron chi connectivity index (χ4n) is 3.28. The average Bonchev–Trinajstić information content (AvgIpc) is 2.82. The highest BCUT2D eigenvalue weighted by Crippen LogP contribution is 2.31. The number of aromatic nitrogens is 4. The van der Waals surface area contributed by atoms with Gasteiger partial charge in [-0.25, -0.2) is 40.9 Å². The molecule has 0 atom stereocenters. The van der Waals surface area contributed by atoms with E-state index in [9.17, 15) is 26.4 Å². The quantitative estimate of drug-likeness (QED) is 0.352. The van der Waals surface area contributed by atoms with E-state index in [4.69, 9.17) is 22.1 Å². The summed E-state index contributed by atoms with van der Waals surface area (Å²) in [4.78, 5) is 23.3. The van der Waals surface area contributed by atoms with Crippen LogP contribution in [-0.4, -0.2) is 35.0 Å². The van der Waals surface area contributed by atoms with Crippen molar-refractivity contribution in [2.24, 2.45) is 0 Å². The maximum Gasteiger partial charge on any atom is 0.267 e. The lowest BCUT2D eigenvalue weighted by Crippen LogP contribution is -2.23. The summed E-state index contributed by atoms with van der Waals surface area (Å²) in [5.74, 6) is -3.71. The van der Waals surface area contributed by atoms with Crippen molar-refractivity contribution in [3.8, 4) is 11.6 Å². The number of methoxy groups -OCH3 is 1. The molecule has 3 N–H and O–H groups in total. The van der Waals surface area contributed by atoms with Crippen LogP contribution in [0.5, 0.6) is 5.88 Å². The summed E-state index contributed by atoms with van der Waals surface area (Å²) in [6, 6.07) is 2.36. The minimum atomic E-state index is -4.61. The molecule has 10 nitrogen and oxygen atoms in total. The van der Waals surface area contributed by atoms with Crippen molar-refractivity contribution in [2.75, 3.05) is 17.6 Å². The molecule has 0 spiro atoms. The van der Waals surface area contributed by atoms with Crippen LogP contribution in [0.2, 0.25) is 5.02 Å². The van der Waals surface area contributed by atoms with Crippen molar-refractivity contribution in [1.29, 1.82) is 0 Å². The van der Waals surface area contributed by atoms with E-state index in [0.29, 0.717) is 12.3 Å². The number of halogens is 5. The van der Waals surface area contributed by atoms with Gasteiger partial charge in [-0.15, -0.1) is 0 Å². The van der Waals surface area contributed by atoms with Crippen LogP contribution in [-0.2, 0) is 10.0 Å². The number of nitrogens with one attached hydrogen (secondary N) is 1. The minimum absolute atomic E-state index is 0.0819. The molecule has 0 radical (unpaired) electrons. The Morgan fingerprint density at radius 3 is 2.58 bits per heavy atom. The van der Waals surface area contributed by atoms with Gasteiger partial charge < -0.3 is 10.5 Å². The van der Waals surface area contributed by atoms with Gasteiger partial charge in [0.05, 0.1) is 34.3 Å². The fourth-order valence-corrected chi connectivity index (χ4v) is 4.71. The van der Waals surface area contributed by atoms with Gasteiger partial charge in [0.25, 0.3) is 22.0 Å². The lowest BCUT2D eigenvalue weighted by Gasteiger charge is -2.16. The van der Waals surface area contributed by atoms with E-state index in [1.54, 1.807) is 0 Å². The van der Waals surface area contributed by atoms with E-state index in [1.807, 2.05) is 4.72 Å². The van der Waals surface area contributed by atoms with Gasteiger partial charge in [0, 0.05) is 18.6 Å². The summed E-state index contributed by atoms with van der Waals surface area (Å²) < 4.78 is 90.5. The van der Waals surface area contributed by atoms with Crippen LogP contribution in [0.4, 0.5) is 29.2 Å². The maximum absolute atomic E-state index is 15.5. The number of hydrogen-bond acceptors (Lipinski definition) is 8. The number of benzene rings is 1. The van der Waals surface area contributed by atoms with Crippen LogP contribution in [0.15, 0.2) is 46.5 Å². The molecule has 0 fully saturated rings. The van der Waals surface area contributed by atoms with Crippen molar-refractivity contribution < 1.29 is 30.7 Å². The topological polar surface area (TPSA) is 142 Å². The van der Waals surface area contributed by atoms with Gasteiger partial charge >= 0.3 is 0 Å². The van der Waals surface area contributed by atoms with E-state index in [0.717, 1.165) is 31.6 Å². The molecular weight excluding hydrogens is 532 g/mol. The molecule has 0 aliphatic carbocycles. The number of rotatable bonds is 6. The summed E-state index contributed by atoms with van der Waals surface area (Å²) in [6.45, 7) is 0. The second-order valence-corrected chi connectivity index (χ2v) is 9.16. The van der Waals surface area contributed by atoms with Gasteiger partial charge in [-0.05, 0) is 18.2 Å². The van der Waals surface area contributed by atoms with Gasteiger partial charge in [-0.2, -0.15) is 0 Å². The van der Waals surface area contributed by atoms with Crippen molar-refractivity contribution in [1.82, 2.24) is 19.5 Å². The fraction of sp³-hybridized carbons (Fsp3) is 0.100. The number of alkyl halides is 2. The zero-order chi connectivity index (χ0) is 26.4. The lowest BCUT2D eigenvalue weighted by atomic mass is 10.1.